The third kappa shape index (κ3) is 1.72. The highest BCUT2D eigenvalue weighted by Crippen LogP contribution is 2.65. The SMILES string of the molecule is CC(=O)Oc1ccc(N2C(=O)[C@@H]3[C@@H]4C=C[C@H]([C@H]5C[C@H]45)[C@@H]3C2=O)cc1. The monoisotopic (exact) mass is 323 g/mol. The van der Waals surface area contributed by atoms with Crippen molar-refractivity contribution >= 4 is 23.5 Å². The first-order valence-electron chi connectivity index (χ1n) is 8.41. The molecule has 0 radical (unpaired) electrons. The second-order valence-electron chi connectivity index (χ2n) is 7.25. The van der Waals surface area contributed by atoms with Gasteiger partial charge in [-0.25, -0.2) is 0 Å². The predicted molar refractivity (Wildman–Crippen MR) is 84.9 cm³/mol. The Labute approximate surface area is 139 Å². The molecule has 1 heterocycles. The molecule has 6 atom stereocenters. The fourth-order valence-electron chi connectivity index (χ4n) is 5.04. The summed E-state index contributed by atoms with van der Waals surface area (Å²) in [5.41, 5.74) is 0.559. The van der Waals surface area contributed by atoms with E-state index in [1.165, 1.54) is 11.8 Å². The van der Waals surface area contributed by atoms with Gasteiger partial charge in [0.2, 0.25) is 11.8 Å². The van der Waals surface area contributed by atoms with E-state index in [4.69, 9.17) is 4.74 Å². The highest BCUT2D eigenvalue weighted by molar-refractivity contribution is 6.22. The summed E-state index contributed by atoms with van der Waals surface area (Å²) in [5, 5.41) is 0. The Morgan fingerprint density at radius 2 is 1.54 bits per heavy atom. The van der Waals surface area contributed by atoms with E-state index >= 15 is 0 Å². The molecule has 0 spiro atoms. The van der Waals surface area contributed by atoms with E-state index in [-0.39, 0.29) is 35.5 Å². The van der Waals surface area contributed by atoms with Gasteiger partial charge in [-0.3, -0.25) is 19.3 Å². The number of nitrogens with zero attached hydrogens (tertiary/aromatic N) is 1. The summed E-state index contributed by atoms with van der Waals surface area (Å²) in [7, 11) is 0. The van der Waals surface area contributed by atoms with Crippen LogP contribution < -0.4 is 9.64 Å². The molecule has 0 N–H and O–H groups in total. The van der Waals surface area contributed by atoms with E-state index in [0.717, 1.165) is 6.42 Å². The maximum absolute atomic E-state index is 13.0. The first kappa shape index (κ1) is 14.0. The lowest BCUT2D eigenvalue weighted by Crippen LogP contribution is -2.40. The molecule has 2 amide bonds. The molecule has 122 valence electrons. The van der Waals surface area contributed by atoms with Crippen LogP contribution in [-0.4, -0.2) is 17.8 Å². The Kier molecular flexibility index (Phi) is 2.65. The van der Waals surface area contributed by atoms with Crippen molar-refractivity contribution in [3.8, 4) is 5.75 Å². The molecule has 5 aliphatic rings. The molecular formula is C19H17NO4. The molecule has 0 aromatic heterocycles. The largest absolute Gasteiger partial charge is 0.427 e. The zero-order chi connectivity index (χ0) is 16.6. The number of imide groups is 1. The molecule has 5 heteroatoms. The minimum Gasteiger partial charge on any atom is -0.427 e. The summed E-state index contributed by atoms with van der Waals surface area (Å²) in [6.45, 7) is 1.33. The number of allylic oxidation sites excluding steroid dienone is 2. The normalized spacial score (nSPS) is 38.1. The topological polar surface area (TPSA) is 63.7 Å². The van der Waals surface area contributed by atoms with Crippen LogP contribution in [0.3, 0.4) is 0 Å². The number of esters is 1. The highest BCUT2D eigenvalue weighted by Gasteiger charge is 2.67. The number of benzene rings is 1. The second kappa shape index (κ2) is 4.56. The van der Waals surface area contributed by atoms with Gasteiger partial charge in [-0.05, 0) is 54.4 Å². The van der Waals surface area contributed by atoms with Gasteiger partial charge in [-0.1, -0.05) is 12.2 Å². The molecule has 3 fully saturated rings. The van der Waals surface area contributed by atoms with Crippen LogP contribution in [0.2, 0.25) is 0 Å². The summed E-state index contributed by atoms with van der Waals surface area (Å²) in [6, 6.07) is 6.57. The first-order valence-corrected chi connectivity index (χ1v) is 8.41. The average molecular weight is 323 g/mol. The molecule has 2 bridgehead atoms. The van der Waals surface area contributed by atoms with E-state index in [1.54, 1.807) is 24.3 Å². The molecule has 24 heavy (non-hydrogen) atoms. The highest BCUT2D eigenvalue weighted by atomic mass is 16.5. The summed E-state index contributed by atoms with van der Waals surface area (Å²) in [5.74, 6) is 1.14. The molecule has 1 aliphatic heterocycles. The zero-order valence-electron chi connectivity index (χ0n) is 13.2. The molecule has 2 saturated carbocycles. The van der Waals surface area contributed by atoms with Crippen molar-refractivity contribution in [2.75, 3.05) is 4.90 Å². The number of anilines is 1. The Balaban J connectivity index is 1.47. The van der Waals surface area contributed by atoms with Crippen molar-refractivity contribution in [2.45, 2.75) is 13.3 Å². The van der Waals surface area contributed by atoms with Gasteiger partial charge in [-0.2, -0.15) is 0 Å². The van der Waals surface area contributed by atoms with Crippen LogP contribution in [0, 0.1) is 35.5 Å². The van der Waals surface area contributed by atoms with Gasteiger partial charge in [0.1, 0.15) is 5.75 Å². The van der Waals surface area contributed by atoms with Crippen LogP contribution >= 0.6 is 0 Å². The maximum atomic E-state index is 13.0. The van der Waals surface area contributed by atoms with E-state index < -0.39 is 5.97 Å². The van der Waals surface area contributed by atoms with Crippen LogP contribution in [0.1, 0.15) is 13.3 Å². The Morgan fingerprint density at radius 3 is 2.04 bits per heavy atom. The molecule has 6 rings (SSSR count). The standard InChI is InChI=1S/C19H17NO4/c1-9(21)24-11-4-2-10(3-5-11)20-18(22)16-12-6-7-13(15-8-14(12)15)17(16)19(20)23/h2-7,12-17H,8H2,1H3/t12-,13-,14-,15-,16-,17+/m1/s1. The lowest BCUT2D eigenvalue weighted by Gasteiger charge is -2.37. The summed E-state index contributed by atoms with van der Waals surface area (Å²) in [4.78, 5) is 38.2. The van der Waals surface area contributed by atoms with Crippen LogP contribution in [0.4, 0.5) is 5.69 Å². The number of amides is 2. The lowest BCUT2D eigenvalue weighted by molar-refractivity contribution is -0.132. The Morgan fingerprint density at radius 1 is 1.00 bits per heavy atom. The first-order chi connectivity index (χ1) is 11.6. The maximum Gasteiger partial charge on any atom is 0.308 e. The fourth-order valence-corrected chi connectivity index (χ4v) is 5.04. The van der Waals surface area contributed by atoms with E-state index in [2.05, 4.69) is 12.2 Å². The smallest absolute Gasteiger partial charge is 0.308 e. The molecule has 1 aromatic rings. The van der Waals surface area contributed by atoms with E-state index in [0.29, 0.717) is 23.3 Å². The van der Waals surface area contributed by atoms with Crippen molar-refractivity contribution in [2.24, 2.45) is 35.5 Å². The predicted octanol–water partition coefficient (Wildman–Crippen LogP) is 2.17. The van der Waals surface area contributed by atoms with Crippen molar-refractivity contribution in [3.05, 3.63) is 36.4 Å². The zero-order valence-corrected chi connectivity index (χ0v) is 13.2. The lowest BCUT2D eigenvalue weighted by atomic mass is 9.63. The van der Waals surface area contributed by atoms with Gasteiger partial charge < -0.3 is 4.74 Å². The summed E-state index contributed by atoms with van der Waals surface area (Å²) >= 11 is 0. The van der Waals surface area contributed by atoms with Gasteiger partial charge >= 0.3 is 5.97 Å². The minimum absolute atomic E-state index is 0.0741. The van der Waals surface area contributed by atoms with Crippen molar-refractivity contribution < 1.29 is 19.1 Å². The van der Waals surface area contributed by atoms with Gasteiger partial charge in [0.05, 0.1) is 17.5 Å². The van der Waals surface area contributed by atoms with Crippen LogP contribution in [0.25, 0.3) is 0 Å². The molecule has 1 saturated heterocycles. The Hall–Kier alpha value is -2.43. The summed E-state index contributed by atoms with van der Waals surface area (Å²) < 4.78 is 5.01. The van der Waals surface area contributed by atoms with Gasteiger partial charge in [-0.15, -0.1) is 0 Å². The van der Waals surface area contributed by atoms with Crippen LogP contribution in [0.5, 0.6) is 5.75 Å². The number of carbonyl (C=O) groups excluding carboxylic acids is 3. The molecule has 1 aromatic carbocycles. The summed E-state index contributed by atoms with van der Waals surface area (Å²) in [6.07, 6.45) is 5.49. The van der Waals surface area contributed by atoms with Crippen molar-refractivity contribution in [1.82, 2.24) is 0 Å². The van der Waals surface area contributed by atoms with Gasteiger partial charge in [0.25, 0.3) is 0 Å². The van der Waals surface area contributed by atoms with E-state index in [9.17, 15) is 14.4 Å². The quantitative estimate of drug-likeness (QED) is 0.362. The van der Waals surface area contributed by atoms with Crippen molar-refractivity contribution in [1.29, 1.82) is 0 Å². The Bertz CT molecular complexity index is 760. The molecular weight excluding hydrogens is 306 g/mol. The molecule has 5 nitrogen and oxygen atoms in total. The number of rotatable bonds is 2. The number of hydrogen-bond donors (Lipinski definition) is 0. The average Bonchev–Trinajstić information content (AvgIpc) is 3.33. The van der Waals surface area contributed by atoms with Gasteiger partial charge in [0, 0.05) is 6.92 Å². The number of carbonyl (C=O) groups is 3. The minimum atomic E-state index is -0.399. The number of hydrogen-bond acceptors (Lipinski definition) is 4. The number of ether oxygens (including phenoxy) is 1. The van der Waals surface area contributed by atoms with Crippen LogP contribution in [0.15, 0.2) is 36.4 Å². The second-order valence-corrected chi connectivity index (χ2v) is 7.25. The fraction of sp³-hybridized carbons (Fsp3) is 0.421. The molecule has 4 aliphatic carbocycles. The molecule has 0 unspecified atom stereocenters. The van der Waals surface area contributed by atoms with Crippen molar-refractivity contribution in [3.63, 3.8) is 0 Å². The third-order valence-electron chi connectivity index (χ3n) is 6.02. The third-order valence-corrected chi connectivity index (χ3v) is 6.02. The van der Waals surface area contributed by atoms with Gasteiger partial charge in [0.15, 0.2) is 0 Å². The van der Waals surface area contributed by atoms with E-state index in [1.807, 2.05) is 0 Å². The van der Waals surface area contributed by atoms with Crippen LogP contribution in [-0.2, 0) is 14.4 Å².